The summed E-state index contributed by atoms with van der Waals surface area (Å²) in [4.78, 5) is 33.8. The maximum atomic E-state index is 11.9. The second-order valence-electron chi connectivity index (χ2n) is 5.09. The number of nitrogens with one attached hydrogen (secondary N) is 1. The van der Waals surface area contributed by atoms with Crippen LogP contribution in [0.25, 0.3) is 0 Å². The van der Waals surface area contributed by atoms with E-state index in [0.29, 0.717) is 5.56 Å². The van der Waals surface area contributed by atoms with Crippen LogP contribution >= 0.6 is 0 Å². The molecule has 1 amide bonds. The zero-order chi connectivity index (χ0) is 15.6. The normalized spacial score (nSPS) is 15.1. The molecular weight excluding hydrogens is 276 g/mol. The van der Waals surface area contributed by atoms with Gasteiger partial charge in [-0.15, -0.1) is 0 Å². The van der Waals surface area contributed by atoms with Crippen molar-refractivity contribution in [3.8, 4) is 0 Å². The molecule has 0 bridgehead atoms. The zero-order valence-corrected chi connectivity index (χ0v) is 11.8. The van der Waals surface area contributed by atoms with Crippen molar-refractivity contribution < 1.29 is 19.2 Å². The van der Waals surface area contributed by atoms with E-state index in [2.05, 4.69) is 5.32 Å². The molecule has 7 heteroatoms. The molecule has 1 aliphatic carbocycles. The first-order valence-corrected chi connectivity index (χ1v) is 6.65. The van der Waals surface area contributed by atoms with Gasteiger partial charge in [0.2, 0.25) is 0 Å². The lowest BCUT2D eigenvalue weighted by atomic mass is 10.1. The largest absolute Gasteiger partial charge is 0.449 e. The number of esters is 1. The van der Waals surface area contributed by atoms with E-state index in [1.807, 2.05) is 0 Å². The monoisotopic (exact) mass is 292 g/mol. The summed E-state index contributed by atoms with van der Waals surface area (Å²) in [6.07, 6.45) is 1.01. The molecule has 1 atom stereocenters. The first kappa shape index (κ1) is 15.0. The van der Waals surface area contributed by atoms with Crippen molar-refractivity contribution >= 4 is 17.6 Å². The third-order valence-electron chi connectivity index (χ3n) is 3.21. The van der Waals surface area contributed by atoms with Crippen LogP contribution in [-0.2, 0) is 9.53 Å². The van der Waals surface area contributed by atoms with Gasteiger partial charge in [0.05, 0.1) is 10.5 Å². The maximum absolute atomic E-state index is 11.9. The number of carbonyl (C=O) groups is 2. The van der Waals surface area contributed by atoms with Crippen LogP contribution in [0.1, 0.15) is 35.7 Å². The van der Waals surface area contributed by atoms with Crippen molar-refractivity contribution in [2.24, 2.45) is 0 Å². The van der Waals surface area contributed by atoms with Crippen molar-refractivity contribution in [2.75, 3.05) is 0 Å². The summed E-state index contributed by atoms with van der Waals surface area (Å²) < 4.78 is 5.06. The number of benzene rings is 1. The summed E-state index contributed by atoms with van der Waals surface area (Å²) in [5, 5.41) is 13.5. The van der Waals surface area contributed by atoms with E-state index >= 15 is 0 Å². The Labute approximate surface area is 121 Å². The number of amides is 1. The van der Waals surface area contributed by atoms with E-state index in [4.69, 9.17) is 4.74 Å². The fraction of sp³-hybridized carbons (Fsp3) is 0.429. The van der Waals surface area contributed by atoms with Crippen LogP contribution in [-0.4, -0.2) is 28.9 Å². The summed E-state index contributed by atoms with van der Waals surface area (Å²) in [5.74, 6) is -1.00. The fourth-order valence-corrected chi connectivity index (χ4v) is 1.82. The van der Waals surface area contributed by atoms with Crippen LogP contribution in [0.15, 0.2) is 18.2 Å². The van der Waals surface area contributed by atoms with E-state index in [-0.39, 0.29) is 23.2 Å². The average Bonchev–Trinajstić information content (AvgIpc) is 3.21. The minimum absolute atomic E-state index is 0.0638. The number of hydrogen-bond acceptors (Lipinski definition) is 5. The smallest absolute Gasteiger partial charge is 0.338 e. The molecule has 112 valence electrons. The number of nitro groups is 1. The van der Waals surface area contributed by atoms with Crippen LogP contribution in [0.4, 0.5) is 5.69 Å². The molecule has 1 aliphatic rings. The van der Waals surface area contributed by atoms with Gasteiger partial charge in [-0.2, -0.15) is 0 Å². The third kappa shape index (κ3) is 3.77. The highest BCUT2D eigenvalue weighted by Gasteiger charge is 2.27. The highest BCUT2D eigenvalue weighted by atomic mass is 16.6. The Kier molecular flexibility index (Phi) is 4.21. The average molecular weight is 292 g/mol. The fourth-order valence-electron chi connectivity index (χ4n) is 1.82. The topological polar surface area (TPSA) is 98.5 Å². The molecular formula is C14H16N2O5. The number of nitrogens with zero attached hydrogens (tertiary/aromatic N) is 1. The number of ether oxygens (including phenoxy) is 1. The molecule has 0 spiro atoms. The number of hydrogen-bond donors (Lipinski definition) is 1. The van der Waals surface area contributed by atoms with Crippen molar-refractivity contribution in [1.29, 1.82) is 0 Å². The molecule has 1 aromatic rings. The van der Waals surface area contributed by atoms with E-state index in [1.54, 1.807) is 0 Å². The van der Waals surface area contributed by atoms with Crippen LogP contribution in [0.3, 0.4) is 0 Å². The molecule has 1 N–H and O–H groups in total. The van der Waals surface area contributed by atoms with Gasteiger partial charge in [-0.3, -0.25) is 14.9 Å². The minimum atomic E-state index is -0.895. The van der Waals surface area contributed by atoms with Gasteiger partial charge in [0.15, 0.2) is 6.10 Å². The molecule has 0 heterocycles. The Morgan fingerprint density at radius 3 is 2.62 bits per heavy atom. The molecule has 0 radical (unpaired) electrons. The molecule has 0 saturated heterocycles. The number of nitro benzene ring substituents is 1. The summed E-state index contributed by atoms with van der Waals surface area (Å²) in [6, 6.07) is 4.14. The highest BCUT2D eigenvalue weighted by molar-refractivity contribution is 5.92. The Morgan fingerprint density at radius 2 is 2.10 bits per heavy atom. The predicted octanol–water partition coefficient (Wildman–Crippen LogP) is 1.73. The third-order valence-corrected chi connectivity index (χ3v) is 3.21. The second-order valence-corrected chi connectivity index (χ2v) is 5.09. The lowest BCUT2D eigenvalue weighted by Gasteiger charge is -2.13. The highest BCUT2D eigenvalue weighted by Crippen LogP contribution is 2.20. The number of aryl methyl sites for hydroxylation is 1. The van der Waals surface area contributed by atoms with Crippen LogP contribution in [0.5, 0.6) is 0 Å². The van der Waals surface area contributed by atoms with E-state index in [1.165, 1.54) is 32.0 Å². The van der Waals surface area contributed by atoms with Gasteiger partial charge in [-0.25, -0.2) is 4.79 Å². The van der Waals surface area contributed by atoms with Gasteiger partial charge >= 0.3 is 5.97 Å². The van der Waals surface area contributed by atoms with Crippen LogP contribution < -0.4 is 5.32 Å². The van der Waals surface area contributed by atoms with Crippen molar-refractivity contribution in [3.05, 3.63) is 39.4 Å². The first-order chi connectivity index (χ1) is 9.88. The lowest BCUT2D eigenvalue weighted by molar-refractivity contribution is -0.385. The maximum Gasteiger partial charge on any atom is 0.338 e. The molecule has 1 aromatic carbocycles. The Hall–Kier alpha value is -2.44. The second kappa shape index (κ2) is 5.90. The predicted molar refractivity (Wildman–Crippen MR) is 73.9 cm³/mol. The van der Waals surface area contributed by atoms with Crippen molar-refractivity contribution in [2.45, 2.75) is 38.8 Å². The Bertz CT molecular complexity index is 595. The number of carbonyl (C=O) groups excluding carboxylic acids is 2. The minimum Gasteiger partial charge on any atom is -0.449 e. The Balaban J connectivity index is 2.00. The molecule has 0 aliphatic heterocycles. The zero-order valence-electron chi connectivity index (χ0n) is 11.8. The summed E-state index contributed by atoms with van der Waals surface area (Å²) in [6.45, 7) is 3.03. The standard InChI is InChI=1S/C14H16N2O5/c1-8-7-10(3-6-12(8)16(19)20)14(18)21-9(2)13(17)15-11-4-5-11/h3,6-7,9,11H,4-5H2,1-2H3,(H,15,17)/t9-/m0/s1. The lowest BCUT2D eigenvalue weighted by Crippen LogP contribution is -2.37. The van der Waals surface area contributed by atoms with Crippen LogP contribution in [0.2, 0.25) is 0 Å². The van der Waals surface area contributed by atoms with Gasteiger partial charge in [-0.05, 0) is 38.8 Å². The Morgan fingerprint density at radius 1 is 1.43 bits per heavy atom. The van der Waals surface area contributed by atoms with Gasteiger partial charge in [0.1, 0.15) is 0 Å². The molecule has 7 nitrogen and oxygen atoms in total. The van der Waals surface area contributed by atoms with E-state index in [0.717, 1.165) is 12.8 Å². The molecule has 1 saturated carbocycles. The first-order valence-electron chi connectivity index (χ1n) is 6.65. The number of rotatable bonds is 5. The van der Waals surface area contributed by atoms with E-state index in [9.17, 15) is 19.7 Å². The molecule has 0 unspecified atom stereocenters. The molecule has 0 aromatic heterocycles. The summed E-state index contributed by atoms with van der Waals surface area (Å²) in [7, 11) is 0. The molecule has 2 rings (SSSR count). The van der Waals surface area contributed by atoms with Crippen molar-refractivity contribution in [3.63, 3.8) is 0 Å². The molecule has 1 fully saturated rings. The summed E-state index contributed by atoms with van der Waals surface area (Å²) >= 11 is 0. The van der Waals surface area contributed by atoms with Gasteiger partial charge < -0.3 is 10.1 Å². The summed E-state index contributed by atoms with van der Waals surface area (Å²) in [5.41, 5.74) is 0.486. The van der Waals surface area contributed by atoms with Gasteiger partial charge in [0, 0.05) is 17.7 Å². The SMILES string of the molecule is Cc1cc(C(=O)O[C@@H](C)C(=O)NC2CC2)ccc1[N+](=O)[O-]. The molecule has 21 heavy (non-hydrogen) atoms. The van der Waals surface area contributed by atoms with Gasteiger partial charge in [-0.1, -0.05) is 0 Å². The van der Waals surface area contributed by atoms with E-state index < -0.39 is 17.0 Å². The van der Waals surface area contributed by atoms with Crippen LogP contribution in [0, 0.1) is 17.0 Å². The van der Waals surface area contributed by atoms with Gasteiger partial charge in [0.25, 0.3) is 11.6 Å². The van der Waals surface area contributed by atoms with Crippen molar-refractivity contribution in [1.82, 2.24) is 5.32 Å². The quantitative estimate of drug-likeness (QED) is 0.506.